The highest BCUT2D eigenvalue weighted by Crippen LogP contribution is 2.27. The number of pyridine rings is 2. The minimum absolute atomic E-state index is 0.252. The first-order chi connectivity index (χ1) is 16.7. The lowest BCUT2D eigenvalue weighted by Gasteiger charge is -2.14. The normalized spacial score (nSPS) is 12.1. The first-order valence-corrected chi connectivity index (χ1v) is 10.8. The van der Waals surface area contributed by atoms with E-state index in [0.29, 0.717) is 35.9 Å². The van der Waals surface area contributed by atoms with Gasteiger partial charge in [0.1, 0.15) is 11.2 Å². The van der Waals surface area contributed by atoms with Gasteiger partial charge in [0, 0.05) is 31.7 Å². The number of halogens is 1. The summed E-state index contributed by atoms with van der Waals surface area (Å²) in [5.74, 6) is 0.349. The Hall–Kier alpha value is -4.21. The molecule has 170 valence electrons. The van der Waals surface area contributed by atoms with Gasteiger partial charge in [0.25, 0.3) is 0 Å². The number of aliphatic hydroxyl groups excluding tert-OH is 1. The number of aliphatic hydroxyl groups is 1. The fraction of sp³-hybridized carbons (Fsp3) is 0.120. The molecule has 0 aliphatic heterocycles. The van der Waals surface area contributed by atoms with Crippen molar-refractivity contribution in [1.82, 2.24) is 29.9 Å². The van der Waals surface area contributed by atoms with Gasteiger partial charge in [-0.05, 0) is 35.4 Å². The van der Waals surface area contributed by atoms with Crippen LogP contribution in [0.25, 0.3) is 17.0 Å². The van der Waals surface area contributed by atoms with E-state index < -0.39 is 11.9 Å². The minimum atomic E-state index is -0.634. The fourth-order valence-corrected chi connectivity index (χ4v) is 3.66. The van der Waals surface area contributed by atoms with Crippen LogP contribution in [0.1, 0.15) is 17.2 Å². The summed E-state index contributed by atoms with van der Waals surface area (Å²) in [6.45, 7) is 0.830. The Morgan fingerprint density at radius 3 is 2.65 bits per heavy atom. The first-order valence-electron chi connectivity index (χ1n) is 10.8. The summed E-state index contributed by atoms with van der Waals surface area (Å²) in [4.78, 5) is 12.8. The second kappa shape index (κ2) is 9.74. The topological polar surface area (TPSA) is 100 Å². The molecule has 4 heterocycles. The molecular formula is C25H22FN7O. The quantitative estimate of drug-likeness (QED) is 0.326. The number of anilines is 2. The Morgan fingerprint density at radius 2 is 1.85 bits per heavy atom. The maximum Gasteiger partial charge on any atom is 0.200 e. The molecule has 8 nitrogen and oxygen atoms in total. The molecule has 5 rings (SSSR count). The zero-order valence-electron chi connectivity index (χ0n) is 18.1. The molecule has 0 aliphatic rings. The van der Waals surface area contributed by atoms with Crippen LogP contribution >= 0.6 is 0 Å². The average Bonchev–Trinajstić information content (AvgIpc) is 3.29. The third-order valence-electron chi connectivity index (χ3n) is 5.35. The third-order valence-corrected chi connectivity index (χ3v) is 5.35. The van der Waals surface area contributed by atoms with Gasteiger partial charge in [-0.25, -0.2) is 13.9 Å². The summed E-state index contributed by atoms with van der Waals surface area (Å²) in [5.41, 5.74) is 3.28. The lowest BCUT2D eigenvalue weighted by Crippen LogP contribution is -2.21. The highest BCUT2D eigenvalue weighted by Gasteiger charge is 2.16. The van der Waals surface area contributed by atoms with E-state index in [1.807, 2.05) is 60.8 Å². The van der Waals surface area contributed by atoms with E-state index in [1.54, 1.807) is 16.8 Å². The van der Waals surface area contributed by atoms with Crippen LogP contribution in [0.2, 0.25) is 0 Å². The largest absolute Gasteiger partial charge is 0.387 e. The lowest BCUT2D eigenvalue weighted by atomic mass is 10.1. The van der Waals surface area contributed by atoms with Crippen molar-refractivity contribution in [2.45, 2.75) is 12.6 Å². The summed E-state index contributed by atoms with van der Waals surface area (Å²) in [6, 6.07) is 18.4. The van der Waals surface area contributed by atoms with Crippen molar-refractivity contribution in [2.24, 2.45) is 0 Å². The molecule has 3 N–H and O–H groups in total. The van der Waals surface area contributed by atoms with Gasteiger partial charge in [-0.2, -0.15) is 0 Å². The highest BCUT2D eigenvalue weighted by molar-refractivity contribution is 5.78. The molecule has 34 heavy (non-hydrogen) atoms. The van der Waals surface area contributed by atoms with Crippen LogP contribution in [-0.2, 0) is 6.54 Å². The van der Waals surface area contributed by atoms with Crippen LogP contribution in [0.15, 0.2) is 85.5 Å². The molecule has 0 amide bonds. The Labute approximate surface area is 195 Å². The number of benzene rings is 1. The van der Waals surface area contributed by atoms with Gasteiger partial charge in [-0.1, -0.05) is 36.4 Å². The maximum atomic E-state index is 14.4. The van der Waals surface area contributed by atoms with Gasteiger partial charge in [0.05, 0.1) is 18.0 Å². The molecular weight excluding hydrogens is 433 g/mol. The van der Waals surface area contributed by atoms with Crippen molar-refractivity contribution < 1.29 is 9.50 Å². The summed E-state index contributed by atoms with van der Waals surface area (Å²) in [7, 11) is 0. The molecule has 4 aromatic heterocycles. The van der Waals surface area contributed by atoms with Crippen molar-refractivity contribution in [2.75, 3.05) is 11.9 Å². The summed E-state index contributed by atoms with van der Waals surface area (Å²) >= 11 is 0. The Bertz CT molecular complexity index is 1390. The maximum absolute atomic E-state index is 14.4. The molecule has 0 aliphatic carbocycles. The van der Waals surface area contributed by atoms with Crippen molar-refractivity contribution in [1.29, 1.82) is 0 Å². The van der Waals surface area contributed by atoms with Gasteiger partial charge in [0.15, 0.2) is 11.6 Å². The molecule has 5 aromatic rings. The van der Waals surface area contributed by atoms with Crippen molar-refractivity contribution in [3.8, 4) is 11.5 Å². The number of nitrogens with zero attached hydrogens (tertiary/aromatic N) is 5. The predicted molar refractivity (Wildman–Crippen MR) is 127 cm³/mol. The Kier molecular flexibility index (Phi) is 6.19. The van der Waals surface area contributed by atoms with Crippen LogP contribution in [0, 0.1) is 5.82 Å². The van der Waals surface area contributed by atoms with Gasteiger partial charge in [-0.15, -0.1) is 5.10 Å². The van der Waals surface area contributed by atoms with E-state index in [4.69, 9.17) is 0 Å². The minimum Gasteiger partial charge on any atom is -0.387 e. The van der Waals surface area contributed by atoms with E-state index >= 15 is 0 Å². The third kappa shape index (κ3) is 4.61. The Morgan fingerprint density at radius 1 is 1.00 bits per heavy atom. The molecule has 1 unspecified atom stereocenters. The van der Waals surface area contributed by atoms with E-state index in [0.717, 1.165) is 17.3 Å². The van der Waals surface area contributed by atoms with Crippen LogP contribution in [-0.4, -0.2) is 36.2 Å². The molecule has 0 bridgehead atoms. The van der Waals surface area contributed by atoms with Gasteiger partial charge in [0.2, 0.25) is 5.82 Å². The first kappa shape index (κ1) is 21.6. The number of hydrogen-bond acceptors (Lipinski definition) is 7. The molecule has 0 saturated heterocycles. The van der Waals surface area contributed by atoms with Crippen LogP contribution in [0.4, 0.5) is 15.9 Å². The zero-order valence-corrected chi connectivity index (χ0v) is 18.1. The number of nitrogens with one attached hydrogen (secondary N) is 2. The average molecular weight is 455 g/mol. The highest BCUT2D eigenvalue weighted by atomic mass is 19.1. The van der Waals surface area contributed by atoms with Crippen LogP contribution < -0.4 is 10.6 Å². The van der Waals surface area contributed by atoms with Crippen LogP contribution in [0.3, 0.4) is 0 Å². The lowest BCUT2D eigenvalue weighted by molar-refractivity contribution is 0.174. The second-order valence-corrected chi connectivity index (χ2v) is 7.67. The smallest absolute Gasteiger partial charge is 0.200 e. The van der Waals surface area contributed by atoms with E-state index in [1.165, 1.54) is 6.20 Å². The monoisotopic (exact) mass is 455 g/mol. The molecule has 1 atom stereocenters. The number of rotatable bonds is 8. The van der Waals surface area contributed by atoms with Crippen LogP contribution in [0.5, 0.6) is 0 Å². The molecule has 0 spiro atoms. The van der Waals surface area contributed by atoms with Crippen molar-refractivity contribution in [3.63, 3.8) is 0 Å². The number of hydrogen-bond donors (Lipinski definition) is 3. The van der Waals surface area contributed by atoms with Crippen molar-refractivity contribution in [3.05, 3.63) is 102 Å². The number of aromatic nitrogens is 5. The van der Waals surface area contributed by atoms with E-state index in [9.17, 15) is 9.50 Å². The molecule has 0 radical (unpaired) electrons. The molecule has 0 fully saturated rings. The Balaban J connectivity index is 1.46. The van der Waals surface area contributed by atoms with E-state index in [-0.39, 0.29) is 5.69 Å². The molecule has 9 heteroatoms. The standard InChI is InChI=1S/C25H22FN7O/c26-19-15-27-12-9-20(19)30-25-23-18(14-28-16-22(34)17-6-2-1-3-7-17)10-13-33(23)32-24(31-25)21-8-4-5-11-29-21/h1-13,15,22,28,34H,14,16H2,(H,27,30,31,32). The number of fused-ring (bicyclic) bond motifs is 1. The van der Waals surface area contributed by atoms with Gasteiger partial charge < -0.3 is 15.7 Å². The molecule has 1 aromatic carbocycles. The summed E-state index contributed by atoms with van der Waals surface area (Å²) in [5, 5.41) is 21.4. The predicted octanol–water partition coefficient (Wildman–Crippen LogP) is 3.89. The summed E-state index contributed by atoms with van der Waals surface area (Å²) < 4.78 is 16.0. The SMILES string of the molecule is OC(CNCc1ccn2nc(-c3ccccn3)nc(Nc3ccncc3F)c12)c1ccccc1. The second-order valence-electron chi connectivity index (χ2n) is 7.67. The fourth-order valence-electron chi connectivity index (χ4n) is 3.66. The molecule has 0 saturated carbocycles. The van der Waals surface area contributed by atoms with Gasteiger partial charge in [-0.3, -0.25) is 9.97 Å². The van der Waals surface area contributed by atoms with Gasteiger partial charge >= 0.3 is 0 Å². The van der Waals surface area contributed by atoms with E-state index in [2.05, 4.69) is 30.7 Å². The zero-order chi connectivity index (χ0) is 23.3. The summed E-state index contributed by atoms with van der Waals surface area (Å²) in [6.07, 6.45) is 5.51. The van der Waals surface area contributed by atoms with Crippen molar-refractivity contribution >= 4 is 17.0 Å².